The summed E-state index contributed by atoms with van der Waals surface area (Å²) in [5, 5.41) is 3.36. The average molecular weight is 284 g/mol. The molecule has 0 saturated heterocycles. The SMILES string of the molecule is CCOc1cc(C)nc(NC2c3ccccc3CC2N)n1. The lowest BCUT2D eigenvalue weighted by molar-refractivity contribution is 0.326. The topological polar surface area (TPSA) is 73.1 Å². The Morgan fingerprint density at radius 3 is 2.95 bits per heavy atom. The van der Waals surface area contributed by atoms with Gasteiger partial charge in [-0.3, -0.25) is 0 Å². The van der Waals surface area contributed by atoms with Gasteiger partial charge in [0.1, 0.15) is 0 Å². The highest BCUT2D eigenvalue weighted by Gasteiger charge is 2.30. The number of benzene rings is 1. The minimum absolute atomic E-state index is 0.0297. The van der Waals surface area contributed by atoms with E-state index in [2.05, 4.69) is 27.4 Å². The largest absolute Gasteiger partial charge is 0.478 e. The van der Waals surface area contributed by atoms with E-state index in [0.29, 0.717) is 18.4 Å². The summed E-state index contributed by atoms with van der Waals surface area (Å²) in [6.07, 6.45) is 0.873. The van der Waals surface area contributed by atoms with E-state index in [1.807, 2.05) is 32.0 Å². The van der Waals surface area contributed by atoms with Gasteiger partial charge in [-0.15, -0.1) is 0 Å². The maximum absolute atomic E-state index is 6.26. The van der Waals surface area contributed by atoms with Crippen molar-refractivity contribution in [3.63, 3.8) is 0 Å². The molecule has 0 amide bonds. The molecule has 5 heteroatoms. The second-order valence-electron chi connectivity index (χ2n) is 5.29. The van der Waals surface area contributed by atoms with E-state index < -0.39 is 0 Å². The van der Waals surface area contributed by atoms with Gasteiger partial charge in [-0.2, -0.15) is 4.98 Å². The van der Waals surface area contributed by atoms with E-state index in [-0.39, 0.29) is 12.1 Å². The molecule has 3 N–H and O–H groups in total. The molecule has 1 aromatic heterocycles. The van der Waals surface area contributed by atoms with E-state index in [1.165, 1.54) is 11.1 Å². The molecule has 5 nitrogen and oxygen atoms in total. The lowest BCUT2D eigenvalue weighted by atomic mass is 10.1. The van der Waals surface area contributed by atoms with Gasteiger partial charge in [0, 0.05) is 17.8 Å². The zero-order valence-corrected chi connectivity index (χ0v) is 12.3. The number of hydrogen-bond donors (Lipinski definition) is 2. The lowest BCUT2D eigenvalue weighted by Crippen LogP contribution is -2.30. The molecule has 1 aliphatic rings. The van der Waals surface area contributed by atoms with Crippen molar-refractivity contribution in [1.82, 2.24) is 9.97 Å². The van der Waals surface area contributed by atoms with Crippen molar-refractivity contribution < 1.29 is 4.74 Å². The van der Waals surface area contributed by atoms with Crippen LogP contribution in [0.4, 0.5) is 5.95 Å². The second-order valence-corrected chi connectivity index (χ2v) is 5.29. The molecular formula is C16H20N4O. The van der Waals surface area contributed by atoms with Gasteiger partial charge in [0.2, 0.25) is 11.8 Å². The van der Waals surface area contributed by atoms with Gasteiger partial charge in [0.15, 0.2) is 0 Å². The van der Waals surface area contributed by atoms with Crippen LogP contribution in [0.1, 0.15) is 29.8 Å². The summed E-state index contributed by atoms with van der Waals surface area (Å²) in [5.74, 6) is 1.16. The molecule has 0 radical (unpaired) electrons. The van der Waals surface area contributed by atoms with Gasteiger partial charge in [0.05, 0.1) is 12.6 Å². The summed E-state index contributed by atoms with van der Waals surface area (Å²) in [6.45, 7) is 4.45. The Morgan fingerprint density at radius 2 is 2.14 bits per heavy atom. The normalized spacial score (nSPS) is 20.1. The fourth-order valence-corrected chi connectivity index (χ4v) is 2.78. The summed E-state index contributed by atoms with van der Waals surface area (Å²) >= 11 is 0. The van der Waals surface area contributed by atoms with Crippen LogP contribution < -0.4 is 15.8 Å². The van der Waals surface area contributed by atoms with Gasteiger partial charge < -0.3 is 15.8 Å². The molecule has 2 unspecified atom stereocenters. The number of ether oxygens (including phenoxy) is 1. The molecule has 0 fully saturated rings. The quantitative estimate of drug-likeness (QED) is 0.900. The predicted octanol–water partition coefficient (Wildman–Crippen LogP) is 2.22. The molecule has 1 aromatic carbocycles. The van der Waals surface area contributed by atoms with Crippen LogP contribution in [0.15, 0.2) is 30.3 Å². The Bertz CT molecular complexity index is 644. The maximum atomic E-state index is 6.26. The zero-order chi connectivity index (χ0) is 14.8. The van der Waals surface area contributed by atoms with Crippen LogP contribution in [0.2, 0.25) is 0 Å². The molecule has 1 heterocycles. The number of fused-ring (bicyclic) bond motifs is 1. The van der Waals surface area contributed by atoms with Crippen molar-refractivity contribution >= 4 is 5.95 Å². The Kier molecular flexibility index (Phi) is 3.75. The summed E-state index contributed by atoms with van der Waals surface area (Å²) in [4.78, 5) is 8.82. The molecule has 1 aliphatic carbocycles. The number of hydrogen-bond acceptors (Lipinski definition) is 5. The van der Waals surface area contributed by atoms with E-state index in [9.17, 15) is 0 Å². The van der Waals surface area contributed by atoms with Crippen molar-refractivity contribution in [1.29, 1.82) is 0 Å². The van der Waals surface area contributed by atoms with Crippen LogP contribution in [0.3, 0.4) is 0 Å². The maximum Gasteiger partial charge on any atom is 0.226 e. The highest BCUT2D eigenvalue weighted by Crippen LogP contribution is 2.32. The van der Waals surface area contributed by atoms with Gasteiger partial charge in [-0.1, -0.05) is 24.3 Å². The Hall–Kier alpha value is -2.14. The Labute approximate surface area is 124 Å². The first kappa shape index (κ1) is 13.8. The summed E-state index contributed by atoms with van der Waals surface area (Å²) in [7, 11) is 0. The molecule has 3 rings (SSSR count). The van der Waals surface area contributed by atoms with Crippen LogP contribution >= 0.6 is 0 Å². The molecule has 2 atom stereocenters. The van der Waals surface area contributed by atoms with Crippen molar-refractivity contribution in [2.45, 2.75) is 32.4 Å². The van der Waals surface area contributed by atoms with E-state index >= 15 is 0 Å². The highest BCUT2D eigenvalue weighted by molar-refractivity contribution is 5.43. The number of rotatable bonds is 4. The number of aryl methyl sites for hydroxylation is 1. The summed E-state index contributed by atoms with van der Waals surface area (Å²) in [5.41, 5.74) is 9.66. The van der Waals surface area contributed by atoms with Crippen LogP contribution in [0.25, 0.3) is 0 Å². The molecule has 110 valence electrons. The third-order valence-corrected chi connectivity index (χ3v) is 3.68. The first-order valence-corrected chi connectivity index (χ1v) is 7.25. The lowest BCUT2D eigenvalue weighted by Gasteiger charge is -2.19. The molecule has 2 aromatic rings. The predicted molar refractivity (Wildman–Crippen MR) is 82.4 cm³/mol. The Balaban J connectivity index is 1.87. The monoisotopic (exact) mass is 284 g/mol. The van der Waals surface area contributed by atoms with Gasteiger partial charge in [-0.25, -0.2) is 4.98 Å². The van der Waals surface area contributed by atoms with E-state index in [1.54, 1.807) is 0 Å². The molecule has 0 saturated carbocycles. The van der Waals surface area contributed by atoms with Crippen LogP contribution in [0.5, 0.6) is 5.88 Å². The number of nitrogens with zero attached hydrogens (tertiary/aromatic N) is 2. The average Bonchev–Trinajstić information content (AvgIpc) is 2.75. The first-order valence-electron chi connectivity index (χ1n) is 7.25. The van der Waals surface area contributed by atoms with Crippen LogP contribution in [-0.4, -0.2) is 22.6 Å². The fraction of sp³-hybridized carbons (Fsp3) is 0.375. The fourth-order valence-electron chi connectivity index (χ4n) is 2.78. The first-order chi connectivity index (χ1) is 10.2. The van der Waals surface area contributed by atoms with Crippen LogP contribution in [-0.2, 0) is 6.42 Å². The number of nitrogens with one attached hydrogen (secondary N) is 1. The molecule has 21 heavy (non-hydrogen) atoms. The smallest absolute Gasteiger partial charge is 0.226 e. The van der Waals surface area contributed by atoms with E-state index in [4.69, 9.17) is 10.5 Å². The summed E-state index contributed by atoms with van der Waals surface area (Å²) < 4.78 is 5.47. The third kappa shape index (κ3) is 2.83. The molecule has 0 aliphatic heterocycles. The second kappa shape index (κ2) is 5.69. The van der Waals surface area contributed by atoms with Gasteiger partial charge in [-0.05, 0) is 31.4 Å². The standard InChI is InChI=1S/C16H20N4O/c1-3-21-14-8-10(2)18-16(19-14)20-15-12-7-5-4-6-11(12)9-13(15)17/h4-8,13,15H,3,9,17H2,1-2H3,(H,18,19,20). The van der Waals surface area contributed by atoms with Gasteiger partial charge >= 0.3 is 0 Å². The van der Waals surface area contributed by atoms with Crippen molar-refractivity contribution in [3.8, 4) is 5.88 Å². The molecule has 0 bridgehead atoms. The highest BCUT2D eigenvalue weighted by atomic mass is 16.5. The number of nitrogens with two attached hydrogens (primary N) is 1. The van der Waals surface area contributed by atoms with Crippen molar-refractivity contribution in [2.24, 2.45) is 5.73 Å². The number of aromatic nitrogens is 2. The van der Waals surface area contributed by atoms with Crippen LogP contribution in [0, 0.1) is 6.92 Å². The third-order valence-electron chi connectivity index (χ3n) is 3.68. The molecular weight excluding hydrogens is 264 g/mol. The molecule has 0 spiro atoms. The Morgan fingerprint density at radius 1 is 1.33 bits per heavy atom. The summed E-state index contributed by atoms with van der Waals surface area (Å²) in [6, 6.07) is 10.2. The van der Waals surface area contributed by atoms with Gasteiger partial charge in [0.25, 0.3) is 0 Å². The van der Waals surface area contributed by atoms with Crippen molar-refractivity contribution in [2.75, 3.05) is 11.9 Å². The number of anilines is 1. The minimum atomic E-state index is 0.0297. The minimum Gasteiger partial charge on any atom is -0.478 e. The van der Waals surface area contributed by atoms with Crippen molar-refractivity contribution in [3.05, 3.63) is 47.2 Å². The van der Waals surface area contributed by atoms with E-state index in [0.717, 1.165) is 12.1 Å². The zero-order valence-electron chi connectivity index (χ0n) is 12.3.